The summed E-state index contributed by atoms with van der Waals surface area (Å²) >= 11 is 0. The van der Waals surface area contributed by atoms with Crippen LogP contribution in [-0.4, -0.2) is 28.6 Å². The molecule has 0 saturated carbocycles. The maximum Gasteiger partial charge on any atom is 0.254 e. The summed E-state index contributed by atoms with van der Waals surface area (Å²) in [5, 5.41) is 10.2. The van der Waals surface area contributed by atoms with Gasteiger partial charge in [0.25, 0.3) is 5.91 Å². The van der Waals surface area contributed by atoms with Gasteiger partial charge in [0.1, 0.15) is 5.82 Å². The predicted octanol–water partition coefficient (Wildman–Crippen LogP) is 3.41. The number of benzene rings is 2. The zero-order valence-electron chi connectivity index (χ0n) is 13.0. The van der Waals surface area contributed by atoms with Crippen molar-refractivity contribution in [2.24, 2.45) is 5.92 Å². The Bertz CT molecular complexity index is 672. The zero-order chi connectivity index (χ0) is 16.4. The standard InChI is InChI=1S/C19H20FNO2/c1-13-12-21(19(23)15-5-3-2-4-6-15)17(11-18(13)22)14-7-9-16(20)10-8-14/h2-10,13,17-18,22H,11-12H2,1H3/t13-,17-,18?/m1/s1. The summed E-state index contributed by atoms with van der Waals surface area (Å²) in [6.45, 7) is 2.42. The van der Waals surface area contributed by atoms with E-state index in [0.29, 0.717) is 18.5 Å². The molecule has 1 aliphatic heterocycles. The monoisotopic (exact) mass is 313 g/mol. The van der Waals surface area contributed by atoms with E-state index in [1.807, 2.05) is 25.1 Å². The molecule has 0 bridgehead atoms. The topological polar surface area (TPSA) is 40.5 Å². The molecule has 2 aromatic rings. The maximum absolute atomic E-state index is 13.2. The summed E-state index contributed by atoms with van der Waals surface area (Å²) in [6.07, 6.45) is -0.00404. The fraction of sp³-hybridized carbons (Fsp3) is 0.316. The van der Waals surface area contributed by atoms with Crippen molar-refractivity contribution in [1.82, 2.24) is 4.90 Å². The van der Waals surface area contributed by atoms with E-state index in [4.69, 9.17) is 0 Å². The quantitative estimate of drug-likeness (QED) is 0.923. The fourth-order valence-electron chi connectivity index (χ4n) is 3.12. The molecule has 4 heteroatoms. The Morgan fingerprint density at radius 3 is 2.43 bits per heavy atom. The van der Waals surface area contributed by atoms with Crippen LogP contribution in [0, 0.1) is 11.7 Å². The van der Waals surface area contributed by atoms with E-state index < -0.39 is 6.10 Å². The van der Waals surface area contributed by atoms with E-state index in [1.54, 1.807) is 29.2 Å². The van der Waals surface area contributed by atoms with Gasteiger partial charge in [0.2, 0.25) is 0 Å². The molecule has 0 radical (unpaired) electrons. The summed E-state index contributed by atoms with van der Waals surface area (Å²) < 4.78 is 13.2. The van der Waals surface area contributed by atoms with Crippen molar-refractivity contribution in [3.05, 3.63) is 71.5 Å². The molecule has 1 amide bonds. The van der Waals surface area contributed by atoms with Crippen molar-refractivity contribution in [3.63, 3.8) is 0 Å². The highest BCUT2D eigenvalue weighted by Gasteiger charge is 2.36. The molecule has 120 valence electrons. The van der Waals surface area contributed by atoms with E-state index >= 15 is 0 Å². The Kier molecular flexibility index (Phi) is 4.44. The molecule has 3 rings (SSSR count). The van der Waals surface area contributed by atoms with Crippen LogP contribution in [0.5, 0.6) is 0 Å². The van der Waals surface area contributed by atoms with Gasteiger partial charge in [-0.25, -0.2) is 4.39 Å². The van der Waals surface area contributed by atoms with Crippen LogP contribution in [0.2, 0.25) is 0 Å². The largest absolute Gasteiger partial charge is 0.393 e. The van der Waals surface area contributed by atoms with Crippen LogP contribution in [0.3, 0.4) is 0 Å². The van der Waals surface area contributed by atoms with Crippen LogP contribution >= 0.6 is 0 Å². The molecule has 0 spiro atoms. The molecule has 23 heavy (non-hydrogen) atoms. The number of amides is 1. The highest BCUT2D eigenvalue weighted by Crippen LogP contribution is 2.34. The van der Waals surface area contributed by atoms with Crippen LogP contribution < -0.4 is 0 Å². The SMILES string of the molecule is C[C@@H]1CN(C(=O)c2ccccc2)[C@@H](c2ccc(F)cc2)CC1O. The summed E-state index contributed by atoms with van der Waals surface area (Å²) in [6, 6.07) is 15.0. The second-order valence-corrected chi connectivity index (χ2v) is 6.17. The first-order valence-corrected chi connectivity index (χ1v) is 7.86. The first-order valence-electron chi connectivity index (χ1n) is 7.86. The molecule has 0 aromatic heterocycles. The number of aliphatic hydroxyl groups is 1. The van der Waals surface area contributed by atoms with Crippen molar-refractivity contribution >= 4 is 5.91 Å². The van der Waals surface area contributed by atoms with E-state index in [-0.39, 0.29) is 23.7 Å². The number of carbonyl (C=O) groups is 1. The fourth-order valence-corrected chi connectivity index (χ4v) is 3.12. The molecule has 1 aliphatic rings. The number of halogens is 1. The third kappa shape index (κ3) is 3.27. The van der Waals surface area contributed by atoms with Gasteiger partial charge >= 0.3 is 0 Å². The number of hydrogen-bond acceptors (Lipinski definition) is 2. The Balaban J connectivity index is 1.93. The summed E-state index contributed by atoms with van der Waals surface area (Å²) in [4.78, 5) is 14.7. The minimum absolute atomic E-state index is 0.0133. The number of likely N-dealkylation sites (tertiary alicyclic amines) is 1. The average molecular weight is 313 g/mol. The highest BCUT2D eigenvalue weighted by atomic mass is 19.1. The number of carbonyl (C=O) groups excluding carboxylic acids is 1. The van der Waals surface area contributed by atoms with Crippen LogP contribution in [0.25, 0.3) is 0 Å². The number of nitrogens with zero attached hydrogens (tertiary/aromatic N) is 1. The first kappa shape index (κ1) is 15.7. The molecular weight excluding hydrogens is 293 g/mol. The molecule has 3 nitrogen and oxygen atoms in total. The molecule has 3 atom stereocenters. The second-order valence-electron chi connectivity index (χ2n) is 6.17. The van der Waals surface area contributed by atoms with Crippen LogP contribution in [0.1, 0.15) is 35.3 Å². The predicted molar refractivity (Wildman–Crippen MR) is 86.4 cm³/mol. The Morgan fingerprint density at radius 2 is 1.78 bits per heavy atom. The van der Waals surface area contributed by atoms with E-state index in [2.05, 4.69) is 0 Å². The van der Waals surface area contributed by atoms with E-state index in [0.717, 1.165) is 5.56 Å². The summed E-state index contributed by atoms with van der Waals surface area (Å²) in [5.74, 6) is -0.350. The van der Waals surface area contributed by atoms with Gasteiger partial charge in [-0.15, -0.1) is 0 Å². The van der Waals surface area contributed by atoms with E-state index in [1.165, 1.54) is 12.1 Å². The van der Waals surface area contributed by atoms with Gasteiger partial charge in [0.15, 0.2) is 0 Å². The normalized spacial score (nSPS) is 24.5. The molecule has 2 aromatic carbocycles. The van der Waals surface area contributed by atoms with Gasteiger partial charge in [0.05, 0.1) is 12.1 Å². The summed E-state index contributed by atoms with van der Waals surface area (Å²) in [5.41, 5.74) is 1.48. The lowest BCUT2D eigenvalue weighted by Gasteiger charge is -2.41. The van der Waals surface area contributed by atoms with Crippen molar-refractivity contribution in [2.75, 3.05) is 6.54 Å². The maximum atomic E-state index is 13.2. The van der Waals surface area contributed by atoms with Crippen LogP contribution in [0.15, 0.2) is 54.6 Å². The molecule has 1 saturated heterocycles. The van der Waals surface area contributed by atoms with Gasteiger partial charge < -0.3 is 10.0 Å². The molecule has 0 aliphatic carbocycles. The lowest BCUT2D eigenvalue weighted by atomic mass is 9.87. The number of aliphatic hydroxyl groups excluding tert-OH is 1. The van der Waals surface area contributed by atoms with E-state index in [9.17, 15) is 14.3 Å². The van der Waals surface area contributed by atoms with Crippen LogP contribution in [-0.2, 0) is 0 Å². The van der Waals surface area contributed by atoms with Crippen molar-refractivity contribution in [3.8, 4) is 0 Å². The zero-order valence-corrected chi connectivity index (χ0v) is 13.0. The highest BCUT2D eigenvalue weighted by molar-refractivity contribution is 5.94. The summed E-state index contributed by atoms with van der Waals surface area (Å²) in [7, 11) is 0. The lowest BCUT2D eigenvalue weighted by molar-refractivity contribution is 0.00312. The van der Waals surface area contributed by atoms with Gasteiger partial charge in [-0.3, -0.25) is 4.79 Å². The van der Waals surface area contributed by atoms with Gasteiger partial charge in [-0.05, 0) is 42.2 Å². The van der Waals surface area contributed by atoms with Crippen molar-refractivity contribution in [1.29, 1.82) is 0 Å². The third-order valence-corrected chi connectivity index (χ3v) is 4.52. The van der Waals surface area contributed by atoms with Gasteiger partial charge in [0, 0.05) is 12.1 Å². The molecule has 1 fully saturated rings. The lowest BCUT2D eigenvalue weighted by Crippen LogP contribution is -2.47. The minimum Gasteiger partial charge on any atom is -0.393 e. The van der Waals surface area contributed by atoms with Gasteiger partial charge in [-0.2, -0.15) is 0 Å². The van der Waals surface area contributed by atoms with Crippen molar-refractivity contribution in [2.45, 2.75) is 25.5 Å². The smallest absolute Gasteiger partial charge is 0.254 e. The van der Waals surface area contributed by atoms with Gasteiger partial charge in [-0.1, -0.05) is 37.3 Å². The molecule has 1 heterocycles. The third-order valence-electron chi connectivity index (χ3n) is 4.52. The number of piperidine rings is 1. The molecular formula is C19H20FNO2. The minimum atomic E-state index is -0.468. The number of rotatable bonds is 2. The molecule has 1 unspecified atom stereocenters. The Morgan fingerprint density at radius 1 is 1.13 bits per heavy atom. The Hall–Kier alpha value is -2.20. The average Bonchev–Trinajstić information content (AvgIpc) is 2.58. The van der Waals surface area contributed by atoms with Crippen molar-refractivity contribution < 1.29 is 14.3 Å². The van der Waals surface area contributed by atoms with Crippen LogP contribution in [0.4, 0.5) is 4.39 Å². The Labute approximate surface area is 135 Å². The second kappa shape index (κ2) is 6.50. The first-order chi connectivity index (χ1) is 11.1. The number of hydrogen-bond donors (Lipinski definition) is 1. The molecule has 1 N–H and O–H groups in total.